The number of hydrogen-bond acceptors (Lipinski definition) is 1. The number of alkyl halides is 1. The quantitative estimate of drug-likeness (QED) is 0.760. The molecule has 122 valence electrons. The van der Waals surface area contributed by atoms with Crippen molar-refractivity contribution in [1.29, 1.82) is 0 Å². The molecule has 1 N–H and O–H groups in total. The molecule has 3 nitrogen and oxygen atoms in total. The number of halogens is 2. The van der Waals surface area contributed by atoms with Gasteiger partial charge in [0.2, 0.25) is 0 Å². The zero-order chi connectivity index (χ0) is 16.5. The van der Waals surface area contributed by atoms with Gasteiger partial charge in [-0.25, -0.2) is 4.79 Å². The minimum absolute atomic E-state index is 0.0242. The van der Waals surface area contributed by atoms with Crippen molar-refractivity contribution in [2.75, 3.05) is 19.0 Å². The van der Waals surface area contributed by atoms with E-state index in [1.165, 1.54) is 4.90 Å². The summed E-state index contributed by atoms with van der Waals surface area (Å²) in [5.74, 6) is 0.573. The van der Waals surface area contributed by atoms with E-state index in [0.29, 0.717) is 24.0 Å². The van der Waals surface area contributed by atoms with Crippen molar-refractivity contribution in [1.82, 2.24) is 4.90 Å². The fraction of sp³-hybridized carbons (Fsp3) is 0.588. The Bertz CT molecular complexity index is 539. The highest BCUT2D eigenvalue weighted by atomic mass is 35.5. The first-order valence-corrected chi connectivity index (χ1v) is 8.42. The van der Waals surface area contributed by atoms with Crippen LogP contribution >= 0.6 is 23.2 Å². The van der Waals surface area contributed by atoms with E-state index < -0.39 is 6.09 Å². The van der Waals surface area contributed by atoms with E-state index in [4.69, 9.17) is 23.2 Å². The molecule has 1 fully saturated rings. The maximum atomic E-state index is 11.4. The lowest BCUT2D eigenvalue weighted by Gasteiger charge is -2.54. The summed E-state index contributed by atoms with van der Waals surface area (Å²) in [6.07, 6.45) is -0.101. The van der Waals surface area contributed by atoms with Gasteiger partial charge in [0.1, 0.15) is 0 Å². The standard InChI is InChI=1S/C17H23Cl2NO2/c1-16(2,3)17(11-18)8-9-20(15(21)22)10-14(17)12-4-6-13(19)7-5-12/h4-7,14H,8-11H2,1-3H3,(H,21,22). The van der Waals surface area contributed by atoms with Crippen LogP contribution in [-0.2, 0) is 0 Å². The van der Waals surface area contributed by atoms with Gasteiger partial charge in [0.05, 0.1) is 0 Å². The lowest BCUT2D eigenvalue weighted by molar-refractivity contribution is 0.00534. The fourth-order valence-corrected chi connectivity index (χ4v) is 4.39. The average molecular weight is 344 g/mol. The van der Waals surface area contributed by atoms with Crippen molar-refractivity contribution in [2.24, 2.45) is 10.8 Å². The first kappa shape index (κ1) is 17.4. The van der Waals surface area contributed by atoms with Crippen molar-refractivity contribution in [3.05, 3.63) is 34.9 Å². The number of amides is 1. The lowest BCUT2D eigenvalue weighted by atomic mass is 9.56. The predicted molar refractivity (Wildman–Crippen MR) is 91.0 cm³/mol. The molecule has 5 heteroatoms. The number of benzene rings is 1. The summed E-state index contributed by atoms with van der Waals surface area (Å²) in [6, 6.07) is 7.70. The minimum atomic E-state index is -0.865. The Labute approximate surface area is 142 Å². The molecule has 1 aliphatic rings. The van der Waals surface area contributed by atoms with Gasteiger partial charge in [0, 0.05) is 29.9 Å². The van der Waals surface area contributed by atoms with Gasteiger partial charge in [-0.2, -0.15) is 0 Å². The van der Waals surface area contributed by atoms with Crippen LogP contribution in [0.3, 0.4) is 0 Å². The SMILES string of the molecule is CC(C)(C)C1(CCl)CCN(C(=O)O)CC1c1ccc(Cl)cc1. The minimum Gasteiger partial charge on any atom is -0.465 e. The van der Waals surface area contributed by atoms with Crippen LogP contribution in [0, 0.1) is 10.8 Å². The number of nitrogens with zero attached hydrogens (tertiary/aromatic N) is 1. The van der Waals surface area contributed by atoms with Crippen LogP contribution in [0.1, 0.15) is 38.7 Å². The molecule has 0 saturated carbocycles. The second-order valence-corrected chi connectivity index (χ2v) is 7.83. The molecule has 1 amide bonds. The normalized spacial score (nSPS) is 26.0. The molecule has 2 unspecified atom stereocenters. The second-order valence-electron chi connectivity index (χ2n) is 7.12. The van der Waals surface area contributed by atoms with Crippen LogP contribution in [0.25, 0.3) is 0 Å². The van der Waals surface area contributed by atoms with Crippen LogP contribution < -0.4 is 0 Å². The molecule has 2 rings (SSSR count). The zero-order valence-corrected chi connectivity index (χ0v) is 14.8. The Kier molecular flexibility index (Phi) is 4.98. The van der Waals surface area contributed by atoms with Crippen LogP contribution in [0.5, 0.6) is 0 Å². The van der Waals surface area contributed by atoms with Gasteiger partial charge in [-0.05, 0) is 34.9 Å². The van der Waals surface area contributed by atoms with Crippen molar-refractivity contribution >= 4 is 29.3 Å². The summed E-state index contributed by atoms with van der Waals surface area (Å²) in [7, 11) is 0. The highest BCUT2D eigenvalue weighted by Crippen LogP contribution is 2.54. The van der Waals surface area contributed by atoms with Crippen molar-refractivity contribution < 1.29 is 9.90 Å². The second kappa shape index (κ2) is 6.29. The molecule has 0 radical (unpaired) electrons. The fourth-order valence-electron chi connectivity index (χ4n) is 3.55. The molecule has 1 saturated heterocycles. The number of carbonyl (C=O) groups is 1. The molecule has 1 aromatic rings. The van der Waals surface area contributed by atoms with Gasteiger partial charge in [0.15, 0.2) is 0 Å². The van der Waals surface area contributed by atoms with Gasteiger partial charge in [-0.15, -0.1) is 11.6 Å². The largest absolute Gasteiger partial charge is 0.465 e. The molecule has 0 aliphatic carbocycles. The van der Waals surface area contributed by atoms with Crippen LogP contribution in [0.2, 0.25) is 5.02 Å². The van der Waals surface area contributed by atoms with Gasteiger partial charge in [-0.3, -0.25) is 0 Å². The van der Waals surface area contributed by atoms with E-state index >= 15 is 0 Å². The summed E-state index contributed by atoms with van der Waals surface area (Å²) in [4.78, 5) is 12.9. The predicted octanol–water partition coefficient (Wildman–Crippen LogP) is 5.08. The number of piperidine rings is 1. The van der Waals surface area contributed by atoms with Gasteiger partial charge >= 0.3 is 6.09 Å². The van der Waals surface area contributed by atoms with Crippen LogP contribution in [0.4, 0.5) is 4.79 Å². The molecular weight excluding hydrogens is 321 g/mol. The third kappa shape index (κ3) is 3.07. The number of rotatable bonds is 2. The van der Waals surface area contributed by atoms with E-state index in [9.17, 15) is 9.90 Å². The summed E-state index contributed by atoms with van der Waals surface area (Å²) < 4.78 is 0. The molecule has 1 aromatic carbocycles. The molecule has 0 bridgehead atoms. The van der Waals surface area contributed by atoms with Crippen LogP contribution in [-0.4, -0.2) is 35.1 Å². The zero-order valence-electron chi connectivity index (χ0n) is 13.3. The molecule has 2 atom stereocenters. The van der Waals surface area contributed by atoms with Gasteiger partial charge in [0.25, 0.3) is 0 Å². The molecule has 22 heavy (non-hydrogen) atoms. The Morgan fingerprint density at radius 2 is 1.95 bits per heavy atom. The van der Waals surface area contributed by atoms with E-state index in [2.05, 4.69) is 20.8 Å². The highest BCUT2D eigenvalue weighted by Gasteiger charge is 2.51. The maximum absolute atomic E-state index is 11.4. The third-order valence-electron chi connectivity index (χ3n) is 5.17. The van der Waals surface area contributed by atoms with E-state index in [0.717, 1.165) is 12.0 Å². The van der Waals surface area contributed by atoms with E-state index in [1.807, 2.05) is 24.3 Å². The topological polar surface area (TPSA) is 40.5 Å². The number of carboxylic acid groups (broad SMARTS) is 1. The van der Waals surface area contributed by atoms with Crippen LogP contribution in [0.15, 0.2) is 24.3 Å². The van der Waals surface area contributed by atoms with E-state index in [-0.39, 0.29) is 16.7 Å². The Morgan fingerprint density at radius 1 is 1.36 bits per heavy atom. The van der Waals surface area contributed by atoms with Gasteiger partial charge in [-0.1, -0.05) is 44.5 Å². The first-order chi connectivity index (χ1) is 10.2. The monoisotopic (exact) mass is 343 g/mol. The lowest BCUT2D eigenvalue weighted by Crippen LogP contribution is -2.54. The number of hydrogen-bond donors (Lipinski definition) is 1. The Hall–Kier alpha value is -0.930. The highest BCUT2D eigenvalue weighted by molar-refractivity contribution is 6.30. The molecule has 1 aliphatic heterocycles. The first-order valence-electron chi connectivity index (χ1n) is 7.50. The Balaban J connectivity index is 2.47. The average Bonchev–Trinajstić information content (AvgIpc) is 2.46. The van der Waals surface area contributed by atoms with Gasteiger partial charge < -0.3 is 10.0 Å². The van der Waals surface area contributed by atoms with Crippen molar-refractivity contribution in [3.8, 4) is 0 Å². The molecule has 1 heterocycles. The van der Waals surface area contributed by atoms with Crippen molar-refractivity contribution in [3.63, 3.8) is 0 Å². The summed E-state index contributed by atoms with van der Waals surface area (Å²) in [5.41, 5.74) is 0.934. The number of likely N-dealkylation sites (tertiary alicyclic amines) is 1. The summed E-state index contributed by atoms with van der Waals surface area (Å²) in [5, 5.41) is 10.0. The summed E-state index contributed by atoms with van der Waals surface area (Å²) in [6.45, 7) is 7.57. The van der Waals surface area contributed by atoms with Crippen molar-refractivity contribution in [2.45, 2.75) is 33.1 Å². The van der Waals surface area contributed by atoms with E-state index in [1.54, 1.807) is 0 Å². The molecule has 0 spiro atoms. The molecule has 0 aromatic heterocycles. The smallest absolute Gasteiger partial charge is 0.407 e. The maximum Gasteiger partial charge on any atom is 0.407 e. The Morgan fingerprint density at radius 3 is 2.41 bits per heavy atom. The molecular formula is C17H23Cl2NO2. The summed E-state index contributed by atoms with van der Waals surface area (Å²) >= 11 is 12.4. The third-order valence-corrected chi connectivity index (χ3v) is 5.90.